The summed E-state index contributed by atoms with van der Waals surface area (Å²) >= 11 is 0. The first-order valence-corrected chi connectivity index (χ1v) is 6.21. The van der Waals surface area contributed by atoms with Crippen LogP contribution >= 0.6 is 0 Å². The summed E-state index contributed by atoms with van der Waals surface area (Å²) < 4.78 is 12.7. The molecule has 1 fully saturated rings. The van der Waals surface area contributed by atoms with E-state index in [1.165, 1.54) is 12.1 Å². The Morgan fingerprint density at radius 2 is 1.95 bits per heavy atom. The monoisotopic (exact) mass is 265 g/mol. The molecule has 1 amide bonds. The SMILES string of the molecule is CN(CCc1ccc(F)cc1)C(=O)C1CC1C(=O)O. The number of carboxylic acids is 1. The lowest BCUT2D eigenvalue weighted by atomic mass is 10.1. The van der Waals surface area contributed by atoms with E-state index in [0.29, 0.717) is 19.4 Å². The van der Waals surface area contributed by atoms with Gasteiger partial charge in [-0.2, -0.15) is 0 Å². The fraction of sp³-hybridized carbons (Fsp3) is 0.429. The minimum atomic E-state index is -0.898. The van der Waals surface area contributed by atoms with Crippen molar-refractivity contribution in [2.75, 3.05) is 13.6 Å². The number of hydrogen-bond donors (Lipinski definition) is 1. The second-order valence-corrected chi connectivity index (χ2v) is 4.92. The topological polar surface area (TPSA) is 57.6 Å². The molecule has 0 saturated heterocycles. The quantitative estimate of drug-likeness (QED) is 0.878. The summed E-state index contributed by atoms with van der Waals surface area (Å²) in [6.45, 7) is 0.507. The van der Waals surface area contributed by atoms with Gasteiger partial charge in [0.15, 0.2) is 0 Å². The van der Waals surface area contributed by atoms with Crippen molar-refractivity contribution in [2.45, 2.75) is 12.8 Å². The summed E-state index contributed by atoms with van der Waals surface area (Å²) in [5.74, 6) is -2.17. The average molecular weight is 265 g/mol. The van der Waals surface area contributed by atoms with Crippen molar-refractivity contribution in [1.29, 1.82) is 0 Å². The van der Waals surface area contributed by atoms with Gasteiger partial charge in [-0.25, -0.2) is 4.39 Å². The van der Waals surface area contributed by atoms with E-state index in [2.05, 4.69) is 0 Å². The molecule has 2 rings (SSSR count). The van der Waals surface area contributed by atoms with E-state index in [9.17, 15) is 14.0 Å². The fourth-order valence-corrected chi connectivity index (χ4v) is 2.08. The third-order valence-corrected chi connectivity index (χ3v) is 3.45. The van der Waals surface area contributed by atoms with Gasteiger partial charge in [0.25, 0.3) is 0 Å². The van der Waals surface area contributed by atoms with Gasteiger partial charge in [-0.05, 0) is 30.5 Å². The van der Waals surface area contributed by atoms with Crippen LogP contribution in [0.4, 0.5) is 4.39 Å². The van der Waals surface area contributed by atoms with Crippen molar-refractivity contribution in [3.63, 3.8) is 0 Å². The number of benzene rings is 1. The molecule has 2 atom stereocenters. The highest BCUT2D eigenvalue weighted by Gasteiger charge is 2.49. The molecule has 1 aromatic carbocycles. The molecule has 1 aliphatic carbocycles. The number of carbonyl (C=O) groups is 2. The number of carboxylic acid groups (broad SMARTS) is 1. The average Bonchev–Trinajstić information content (AvgIpc) is 3.17. The fourth-order valence-electron chi connectivity index (χ4n) is 2.08. The smallest absolute Gasteiger partial charge is 0.307 e. The zero-order valence-electron chi connectivity index (χ0n) is 10.7. The molecule has 1 N–H and O–H groups in total. The van der Waals surface area contributed by atoms with E-state index < -0.39 is 11.9 Å². The van der Waals surface area contributed by atoms with Gasteiger partial charge in [0.2, 0.25) is 5.91 Å². The number of hydrogen-bond acceptors (Lipinski definition) is 2. The van der Waals surface area contributed by atoms with Crippen molar-refractivity contribution in [3.05, 3.63) is 35.6 Å². The zero-order chi connectivity index (χ0) is 14.0. The molecule has 1 aliphatic rings. The highest BCUT2D eigenvalue weighted by atomic mass is 19.1. The van der Waals surface area contributed by atoms with E-state index in [0.717, 1.165) is 5.56 Å². The third kappa shape index (κ3) is 3.30. The van der Waals surface area contributed by atoms with Crippen LogP contribution in [-0.4, -0.2) is 35.5 Å². The molecule has 19 heavy (non-hydrogen) atoms. The number of likely N-dealkylation sites (N-methyl/N-ethyl adjacent to an activating group) is 1. The molecule has 1 saturated carbocycles. The Morgan fingerprint density at radius 1 is 1.32 bits per heavy atom. The van der Waals surface area contributed by atoms with Gasteiger partial charge in [0.1, 0.15) is 5.82 Å². The minimum Gasteiger partial charge on any atom is -0.481 e. The molecule has 2 unspecified atom stereocenters. The Bertz CT molecular complexity index is 486. The highest BCUT2D eigenvalue weighted by molar-refractivity contribution is 5.89. The maximum atomic E-state index is 12.7. The normalized spacial score (nSPS) is 20.9. The molecule has 0 aromatic heterocycles. The Hall–Kier alpha value is -1.91. The standard InChI is InChI=1S/C14H16FNO3/c1-16(13(17)11-8-12(11)14(18)19)7-6-9-2-4-10(15)5-3-9/h2-5,11-12H,6-8H2,1H3,(H,18,19). The van der Waals surface area contributed by atoms with E-state index in [-0.39, 0.29) is 17.6 Å². The highest BCUT2D eigenvalue weighted by Crippen LogP contribution is 2.39. The predicted octanol–water partition coefficient (Wildman–Crippen LogP) is 1.55. The van der Waals surface area contributed by atoms with Crippen LogP contribution in [0.5, 0.6) is 0 Å². The summed E-state index contributed by atoms with van der Waals surface area (Å²) in [5, 5.41) is 8.78. The molecule has 5 heteroatoms. The van der Waals surface area contributed by atoms with Crippen LogP contribution in [0.1, 0.15) is 12.0 Å². The molecule has 0 spiro atoms. The number of amides is 1. The number of nitrogens with zero attached hydrogens (tertiary/aromatic N) is 1. The van der Waals surface area contributed by atoms with Gasteiger partial charge < -0.3 is 10.0 Å². The summed E-state index contributed by atoms with van der Waals surface area (Å²) in [4.78, 5) is 24.2. The van der Waals surface area contributed by atoms with Crippen molar-refractivity contribution in [3.8, 4) is 0 Å². The molecule has 0 bridgehead atoms. The first kappa shape index (κ1) is 13.5. The van der Waals surface area contributed by atoms with Gasteiger partial charge in [-0.3, -0.25) is 9.59 Å². The van der Waals surface area contributed by atoms with Crippen LogP contribution < -0.4 is 0 Å². The lowest BCUT2D eigenvalue weighted by Crippen LogP contribution is -2.31. The Balaban J connectivity index is 1.81. The van der Waals surface area contributed by atoms with Crippen molar-refractivity contribution >= 4 is 11.9 Å². The largest absolute Gasteiger partial charge is 0.481 e. The van der Waals surface area contributed by atoms with Crippen LogP contribution in [0.2, 0.25) is 0 Å². The first-order chi connectivity index (χ1) is 8.99. The van der Waals surface area contributed by atoms with Gasteiger partial charge in [-0.15, -0.1) is 0 Å². The maximum absolute atomic E-state index is 12.7. The molecule has 0 heterocycles. The van der Waals surface area contributed by atoms with Gasteiger partial charge >= 0.3 is 5.97 Å². The second kappa shape index (κ2) is 5.38. The van der Waals surface area contributed by atoms with Gasteiger partial charge in [-0.1, -0.05) is 12.1 Å². The summed E-state index contributed by atoms with van der Waals surface area (Å²) in [5.41, 5.74) is 0.951. The van der Waals surface area contributed by atoms with Crippen molar-refractivity contribution in [1.82, 2.24) is 4.90 Å². The van der Waals surface area contributed by atoms with Crippen LogP contribution in [0.15, 0.2) is 24.3 Å². The Morgan fingerprint density at radius 3 is 2.47 bits per heavy atom. The lowest BCUT2D eigenvalue weighted by Gasteiger charge is -2.17. The molecule has 0 aliphatic heterocycles. The number of halogens is 1. The van der Waals surface area contributed by atoms with Crippen molar-refractivity contribution < 1.29 is 19.1 Å². The third-order valence-electron chi connectivity index (χ3n) is 3.45. The molecular weight excluding hydrogens is 249 g/mol. The summed E-state index contributed by atoms with van der Waals surface area (Å²) in [6, 6.07) is 6.15. The van der Waals surface area contributed by atoms with Crippen LogP contribution in [0.3, 0.4) is 0 Å². The van der Waals surface area contributed by atoms with Crippen LogP contribution in [0.25, 0.3) is 0 Å². The van der Waals surface area contributed by atoms with E-state index in [1.54, 1.807) is 24.1 Å². The molecule has 1 aromatic rings. The Kier molecular flexibility index (Phi) is 3.83. The maximum Gasteiger partial charge on any atom is 0.307 e. The van der Waals surface area contributed by atoms with Crippen LogP contribution in [-0.2, 0) is 16.0 Å². The lowest BCUT2D eigenvalue weighted by molar-refractivity contribution is -0.141. The summed E-state index contributed by atoms with van der Waals surface area (Å²) in [6.07, 6.45) is 1.07. The Labute approximate surface area is 110 Å². The van der Waals surface area contributed by atoms with Crippen molar-refractivity contribution in [2.24, 2.45) is 11.8 Å². The first-order valence-electron chi connectivity index (χ1n) is 6.21. The van der Waals surface area contributed by atoms with Gasteiger partial charge in [0, 0.05) is 13.6 Å². The number of rotatable bonds is 5. The molecule has 0 radical (unpaired) electrons. The molecule has 102 valence electrons. The number of aliphatic carboxylic acids is 1. The zero-order valence-corrected chi connectivity index (χ0v) is 10.7. The minimum absolute atomic E-state index is 0.116. The predicted molar refractivity (Wildman–Crippen MR) is 67.0 cm³/mol. The van der Waals surface area contributed by atoms with E-state index in [1.807, 2.05) is 0 Å². The van der Waals surface area contributed by atoms with E-state index >= 15 is 0 Å². The second-order valence-electron chi connectivity index (χ2n) is 4.92. The number of carbonyl (C=O) groups excluding carboxylic acids is 1. The van der Waals surface area contributed by atoms with Crippen LogP contribution in [0, 0.1) is 17.7 Å². The van der Waals surface area contributed by atoms with Gasteiger partial charge in [0.05, 0.1) is 11.8 Å². The summed E-state index contributed by atoms with van der Waals surface area (Å²) in [7, 11) is 1.67. The molecule has 4 nitrogen and oxygen atoms in total. The van der Waals surface area contributed by atoms with E-state index in [4.69, 9.17) is 5.11 Å². The molecular formula is C14H16FNO3.